The van der Waals surface area contributed by atoms with Crippen molar-refractivity contribution in [2.45, 2.75) is 45.4 Å². The van der Waals surface area contributed by atoms with Crippen molar-refractivity contribution < 1.29 is 86.3 Å². The summed E-state index contributed by atoms with van der Waals surface area (Å²) in [6.07, 6.45) is 3.53. The molecular formula is C56H51BF2N4O16. The molecule has 4 aromatic carbocycles. The molecule has 6 N–H and O–H groups in total. The Balaban J connectivity index is 1.21. The third-order valence-electron chi connectivity index (χ3n) is 12.6. The van der Waals surface area contributed by atoms with Crippen LogP contribution in [0.5, 0.6) is 11.5 Å². The van der Waals surface area contributed by atoms with Gasteiger partial charge < -0.3 is 63.2 Å². The Morgan fingerprint density at radius 1 is 0.595 bits per heavy atom. The molecule has 0 fully saturated rings. The molecule has 0 spiro atoms. The Morgan fingerprint density at radius 3 is 1.57 bits per heavy atom. The van der Waals surface area contributed by atoms with E-state index in [0.717, 1.165) is 25.4 Å². The highest BCUT2D eigenvalue weighted by Crippen LogP contribution is 2.41. The molecule has 408 valence electrons. The van der Waals surface area contributed by atoms with Crippen LogP contribution >= 0.6 is 0 Å². The number of benzene rings is 4. The maximum absolute atomic E-state index is 15.8. The number of allylic oxidation sites excluding steroid dienone is 1. The molecule has 4 heterocycles. The largest absolute Gasteiger partial charge is 0.678 e. The van der Waals surface area contributed by atoms with Gasteiger partial charge in [-0.15, -0.1) is 0 Å². The highest BCUT2D eigenvalue weighted by molar-refractivity contribution is 6.43. The number of carboxylic acids is 6. The number of aliphatic carboxylic acids is 6. The lowest BCUT2D eigenvalue weighted by molar-refractivity contribution is -0.138. The molecule has 0 atom stereocenters. The van der Waals surface area contributed by atoms with Gasteiger partial charge in [0.05, 0.1) is 22.6 Å². The van der Waals surface area contributed by atoms with E-state index in [1.54, 1.807) is 55.5 Å². The summed E-state index contributed by atoms with van der Waals surface area (Å²) in [4.78, 5) is 76.9. The zero-order valence-electron chi connectivity index (χ0n) is 42.3. The number of nitrogens with zero attached hydrogens (tertiary/aromatic N) is 4. The summed E-state index contributed by atoms with van der Waals surface area (Å²) in [7, 11) is -3.18. The lowest BCUT2D eigenvalue weighted by Gasteiger charge is -2.25. The standard InChI is InChI=1S/C56H51BF2N4O16/c1-32-8-18-40(61(28-52(68)69)29-53(70)71)47(22-32)76-20-21-77-48-23-37(17-19-41(48)62(30-54(72)73)31-55(74)75)56(39-25-46-38(60-39)24-44(78-46)35-13-9-33(10-14-35)4-2-6-50(64)65)43-27-49-42(63(43)57(58)59)26-45(79-49)36-15-11-34(12-16-36)5-3-7-51(66)67/h8-19,22-27H,2-7,20-21,28-31H2,1H3,(H,64,65)(H,66,67)(H,68,69)(H,70,71)(H,72,73)(H,74,75)/b56-39-. The van der Waals surface area contributed by atoms with Crippen molar-refractivity contribution in [2.75, 3.05) is 49.2 Å². The van der Waals surface area contributed by atoms with Crippen molar-refractivity contribution in [3.8, 4) is 34.1 Å². The van der Waals surface area contributed by atoms with E-state index in [1.807, 2.05) is 24.3 Å². The van der Waals surface area contributed by atoms with E-state index in [0.29, 0.717) is 53.5 Å². The van der Waals surface area contributed by atoms with Crippen LogP contribution in [0.1, 0.15) is 53.6 Å². The van der Waals surface area contributed by atoms with Crippen LogP contribution in [-0.2, 0) is 41.6 Å². The van der Waals surface area contributed by atoms with Crippen molar-refractivity contribution in [2.24, 2.45) is 4.99 Å². The Bertz CT molecular complexity index is 3560. The minimum atomic E-state index is -3.18. The zero-order chi connectivity index (χ0) is 56.5. The molecular weight excluding hydrogens is 1030 g/mol. The molecule has 23 heteroatoms. The lowest BCUT2D eigenvalue weighted by atomic mass is 9.97. The smallest absolute Gasteiger partial charge is 0.488 e. The summed E-state index contributed by atoms with van der Waals surface area (Å²) in [6.45, 7) is -1.83. The molecule has 8 rings (SSSR count). The van der Waals surface area contributed by atoms with Gasteiger partial charge in [0.1, 0.15) is 67.8 Å². The number of aromatic nitrogens is 1. The van der Waals surface area contributed by atoms with Crippen molar-refractivity contribution >= 4 is 77.3 Å². The molecule has 0 amide bonds. The minimum absolute atomic E-state index is 0.00103. The van der Waals surface area contributed by atoms with Gasteiger partial charge in [-0.25, -0.2) is 4.99 Å². The van der Waals surface area contributed by atoms with Crippen LogP contribution in [0.2, 0.25) is 0 Å². The Kier molecular flexibility index (Phi) is 17.3. The first-order valence-corrected chi connectivity index (χ1v) is 24.7. The molecule has 0 saturated heterocycles. The van der Waals surface area contributed by atoms with E-state index in [9.17, 15) is 49.2 Å². The number of halogens is 2. The number of carboxylic acid groups (broad SMARTS) is 6. The molecule has 0 aliphatic carbocycles. The second kappa shape index (κ2) is 24.6. The first kappa shape index (κ1) is 55.6. The maximum atomic E-state index is 15.8. The van der Waals surface area contributed by atoms with Gasteiger partial charge in [-0.1, -0.05) is 60.7 Å². The molecule has 0 radical (unpaired) electrons. The second-order valence-electron chi connectivity index (χ2n) is 18.4. The first-order valence-electron chi connectivity index (χ1n) is 24.7. The molecule has 3 aromatic heterocycles. The van der Waals surface area contributed by atoms with Crippen molar-refractivity contribution in [1.29, 1.82) is 0 Å². The predicted molar refractivity (Wildman–Crippen MR) is 283 cm³/mol. The van der Waals surface area contributed by atoms with Crippen LogP contribution in [0.4, 0.5) is 20.0 Å². The summed E-state index contributed by atoms with van der Waals surface area (Å²) >= 11 is 0. The zero-order valence-corrected chi connectivity index (χ0v) is 42.3. The number of hydrogen-bond donors (Lipinski definition) is 6. The average Bonchev–Trinajstić information content (AvgIpc) is 4.29. The molecule has 1 aliphatic heterocycles. The number of aryl methyl sites for hydroxylation is 3. The van der Waals surface area contributed by atoms with Gasteiger partial charge in [0, 0.05) is 59.5 Å². The van der Waals surface area contributed by atoms with Gasteiger partial charge in [0.15, 0.2) is 11.0 Å². The van der Waals surface area contributed by atoms with Crippen LogP contribution in [0.3, 0.4) is 0 Å². The van der Waals surface area contributed by atoms with Gasteiger partial charge in [0.2, 0.25) is 0 Å². The molecule has 79 heavy (non-hydrogen) atoms. The van der Waals surface area contributed by atoms with Gasteiger partial charge in [-0.3, -0.25) is 37.4 Å². The molecule has 0 unspecified atom stereocenters. The Morgan fingerprint density at radius 2 is 1.09 bits per heavy atom. The van der Waals surface area contributed by atoms with Gasteiger partial charge >= 0.3 is 43.2 Å². The van der Waals surface area contributed by atoms with Gasteiger partial charge in [-0.2, -0.15) is 0 Å². The SMILES string of the molecule is Cc1ccc(N(CC(=O)O)CC(=O)O)c(OCCOc2cc(/C(=C3\C=c4oc(-c5ccc(CCCC(=O)O)cc5)cc4=N3)c3cc4oc(-c5ccc(CCCC(=O)O)cc5)cc4n3B(F)F)ccc2N(CC(=O)O)CC(=O)O)c1. The fraction of sp³-hybridized carbons (Fsp3) is 0.232. The highest BCUT2D eigenvalue weighted by atomic mass is 19.2. The van der Waals surface area contributed by atoms with Crippen LogP contribution < -0.4 is 30.0 Å². The maximum Gasteiger partial charge on any atom is 0.678 e. The Hall–Kier alpha value is -9.67. The summed E-state index contributed by atoms with van der Waals surface area (Å²) in [6, 6.07) is 28.0. The molecule has 7 aromatic rings. The lowest BCUT2D eigenvalue weighted by Crippen LogP contribution is -2.35. The summed E-state index contributed by atoms with van der Waals surface area (Å²) in [5.74, 6) is -6.47. The summed E-state index contributed by atoms with van der Waals surface area (Å²) in [5.41, 5.74) is 4.55. The normalized spacial score (nSPS) is 12.3. The van der Waals surface area contributed by atoms with E-state index >= 15 is 8.63 Å². The number of carbonyl (C=O) groups is 6. The number of ether oxygens (including phenoxy) is 2. The summed E-state index contributed by atoms with van der Waals surface area (Å²) in [5, 5.41) is 57.4. The van der Waals surface area contributed by atoms with E-state index in [-0.39, 0.29) is 93.7 Å². The van der Waals surface area contributed by atoms with E-state index < -0.39 is 69.4 Å². The highest BCUT2D eigenvalue weighted by Gasteiger charge is 2.31. The third-order valence-corrected chi connectivity index (χ3v) is 12.6. The van der Waals surface area contributed by atoms with Gasteiger partial charge in [0.25, 0.3) is 0 Å². The van der Waals surface area contributed by atoms with E-state index in [4.69, 9.17) is 33.5 Å². The van der Waals surface area contributed by atoms with Crippen LogP contribution in [0.15, 0.2) is 123 Å². The summed E-state index contributed by atoms with van der Waals surface area (Å²) < 4.78 is 57.2. The fourth-order valence-corrected chi connectivity index (χ4v) is 9.14. The van der Waals surface area contributed by atoms with Crippen molar-refractivity contribution in [3.63, 3.8) is 0 Å². The number of anilines is 2. The van der Waals surface area contributed by atoms with E-state index in [1.165, 1.54) is 36.4 Å². The van der Waals surface area contributed by atoms with Crippen molar-refractivity contribution in [3.05, 3.63) is 148 Å². The van der Waals surface area contributed by atoms with Gasteiger partial charge in [-0.05, 0) is 79.1 Å². The fourth-order valence-electron chi connectivity index (χ4n) is 9.14. The average molecular weight is 1080 g/mol. The quantitative estimate of drug-likeness (QED) is 0.0207. The molecule has 20 nitrogen and oxygen atoms in total. The molecule has 0 bridgehead atoms. The second-order valence-corrected chi connectivity index (χ2v) is 18.4. The van der Waals surface area contributed by atoms with Crippen LogP contribution in [-0.4, -0.2) is 118 Å². The molecule has 1 aliphatic rings. The topological polar surface area (TPSA) is 292 Å². The Labute approximate surface area is 448 Å². The van der Waals surface area contributed by atoms with Crippen LogP contribution in [0, 0.1) is 6.92 Å². The first-order chi connectivity index (χ1) is 37.8. The third kappa shape index (κ3) is 13.9. The predicted octanol–water partition coefficient (Wildman–Crippen LogP) is 7.34. The number of hydrogen-bond acceptors (Lipinski definition) is 13. The number of rotatable bonds is 28. The van der Waals surface area contributed by atoms with E-state index in [2.05, 4.69) is 0 Å². The number of furan rings is 2. The van der Waals surface area contributed by atoms with Crippen LogP contribution in [0.25, 0.3) is 45.4 Å². The minimum Gasteiger partial charge on any atom is -0.488 e. The monoisotopic (exact) mass is 1080 g/mol. The molecule has 0 saturated carbocycles. The van der Waals surface area contributed by atoms with Crippen molar-refractivity contribution in [1.82, 2.24) is 4.48 Å². The number of fused-ring (bicyclic) bond motifs is 2.